The Morgan fingerprint density at radius 3 is 2.55 bits per heavy atom. The average molecular weight is 541 g/mol. The van der Waals surface area contributed by atoms with Gasteiger partial charge in [0.25, 0.3) is 5.91 Å². The van der Waals surface area contributed by atoms with Gasteiger partial charge in [-0.05, 0) is 61.0 Å². The third-order valence-corrected chi connectivity index (χ3v) is 6.35. The van der Waals surface area contributed by atoms with E-state index in [1.165, 1.54) is 11.8 Å². The summed E-state index contributed by atoms with van der Waals surface area (Å²) >= 11 is 10.8. The predicted octanol–water partition coefficient (Wildman–Crippen LogP) is 5.98. The molecule has 33 heavy (non-hydrogen) atoms. The van der Waals surface area contributed by atoms with Crippen LogP contribution in [0.5, 0.6) is 0 Å². The summed E-state index contributed by atoms with van der Waals surface area (Å²) in [5, 5.41) is 14.2. The number of hydrogen-bond donors (Lipinski definition) is 1. The van der Waals surface area contributed by atoms with Gasteiger partial charge in [0.1, 0.15) is 0 Å². The molecule has 0 saturated carbocycles. The van der Waals surface area contributed by atoms with E-state index in [1.54, 1.807) is 0 Å². The number of carbonyl (C=O) groups excluding carboxylic acids is 1. The number of nitrogens with one attached hydrogen (secondary N) is 1. The molecule has 0 atom stereocenters. The monoisotopic (exact) mass is 539 g/mol. The molecule has 9 heteroatoms. The summed E-state index contributed by atoms with van der Waals surface area (Å²) in [6.07, 6.45) is 0. The molecule has 0 spiro atoms. The fourth-order valence-electron chi connectivity index (χ4n) is 3.05. The Bertz CT molecular complexity index is 1290. The topological polar surface area (TPSA) is 72.2 Å². The van der Waals surface area contributed by atoms with Crippen LogP contribution in [0.15, 0.2) is 93.6 Å². The van der Waals surface area contributed by atoms with Gasteiger partial charge in [0.15, 0.2) is 11.0 Å². The van der Waals surface area contributed by atoms with Crippen molar-refractivity contribution in [2.24, 2.45) is 5.10 Å². The minimum Gasteiger partial charge on any atom is -0.272 e. The number of benzene rings is 3. The second-order valence-corrected chi connectivity index (χ2v) is 9.31. The van der Waals surface area contributed by atoms with Crippen molar-refractivity contribution in [3.63, 3.8) is 0 Å². The van der Waals surface area contributed by atoms with Crippen molar-refractivity contribution in [2.45, 2.75) is 12.1 Å². The highest BCUT2D eigenvalue weighted by Gasteiger charge is 2.17. The van der Waals surface area contributed by atoms with Crippen LogP contribution in [0.2, 0.25) is 5.02 Å². The molecule has 0 radical (unpaired) electrons. The smallest absolute Gasteiger partial charge is 0.250 e. The summed E-state index contributed by atoms with van der Waals surface area (Å²) in [7, 11) is 0. The second kappa shape index (κ2) is 10.8. The van der Waals surface area contributed by atoms with Gasteiger partial charge in [-0.1, -0.05) is 69.6 Å². The number of nitrogens with zero attached hydrogens (tertiary/aromatic N) is 4. The number of aromatic nitrogens is 3. The van der Waals surface area contributed by atoms with Crippen LogP contribution in [-0.2, 0) is 4.79 Å². The molecular weight excluding hydrogens is 522 g/mol. The SMILES string of the molecule is CC(=NNC(=O)CSc1nnc(-c2ccc(Cl)cc2)n1-c1ccccc1)c1cccc(Br)c1. The molecule has 4 rings (SSSR count). The lowest BCUT2D eigenvalue weighted by Gasteiger charge is -2.10. The van der Waals surface area contributed by atoms with Crippen LogP contribution in [0.1, 0.15) is 12.5 Å². The van der Waals surface area contributed by atoms with Crippen LogP contribution in [0, 0.1) is 0 Å². The Balaban J connectivity index is 1.51. The van der Waals surface area contributed by atoms with Crippen molar-refractivity contribution in [1.29, 1.82) is 0 Å². The Kier molecular flexibility index (Phi) is 7.59. The molecule has 0 unspecified atom stereocenters. The maximum absolute atomic E-state index is 12.5. The predicted molar refractivity (Wildman–Crippen MR) is 137 cm³/mol. The molecule has 0 saturated heterocycles. The Morgan fingerprint density at radius 2 is 1.82 bits per heavy atom. The van der Waals surface area contributed by atoms with Crippen LogP contribution >= 0.6 is 39.3 Å². The molecule has 166 valence electrons. The Morgan fingerprint density at radius 1 is 1.06 bits per heavy atom. The van der Waals surface area contributed by atoms with Gasteiger partial charge in [-0.2, -0.15) is 5.10 Å². The minimum absolute atomic E-state index is 0.140. The summed E-state index contributed by atoms with van der Waals surface area (Å²) in [5.41, 5.74) is 6.03. The molecule has 3 aromatic carbocycles. The molecule has 0 fully saturated rings. The zero-order valence-corrected chi connectivity index (χ0v) is 20.7. The van der Waals surface area contributed by atoms with Crippen molar-refractivity contribution in [3.8, 4) is 17.1 Å². The lowest BCUT2D eigenvalue weighted by molar-refractivity contribution is -0.118. The van der Waals surface area contributed by atoms with Crippen LogP contribution in [0.25, 0.3) is 17.1 Å². The van der Waals surface area contributed by atoms with Crippen LogP contribution in [-0.4, -0.2) is 32.1 Å². The van der Waals surface area contributed by atoms with Gasteiger partial charge in [0, 0.05) is 20.7 Å². The number of hydrazone groups is 1. The number of halogens is 2. The first kappa shape index (κ1) is 23.2. The van der Waals surface area contributed by atoms with Crippen molar-refractivity contribution < 1.29 is 4.79 Å². The third kappa shape index (κ3) is 5.90. The maximum atomic E-state index is 12.5. The first-order valence-corrected chi connectivity index (χ1v) is 12.2. The molecule has 1 amide bonds. The van der Waals surface area contributed by atoms with Gasteiger partial charge in [-0.3, -0.25) is 9.36 Å². The standard InChI is InChI=1S/C24H19BrClN5OS/c1-16(18-6-5-7-19(25)14-18)27-28-22(32)15-33-24-30-29-23(17-10-12-20(26)13-11-17)31(24)21-8-3-2-4-9-21/h2-14H,15H2,1H3,(H,28,32). The lowest BCUT2D eigenvalue weighted by Crippen LogP contribution is -2.21. The van der Waals surface area contributed by atoms with E-state index in [0.29, 0.717) is 21.7 Å². The van der Waals surface area contributed by atoms with Gasteiger partial charge in [-0.25, -0.2) is 5.43 Å². The summed E-state index contributed by atoms with van der Waals surface area (Å²) in [5.74, 6) is 0.579. The maximum Gasteiger partial charge on any atom is 0.250 e. The summed E-state index contributed by atoms with van der Waals surface area (Å²) < 4.78 is 2.88. The van der Waals surface area contributed by atoms with Crippen molar-refractivity contribution in [2.75, 3.05) is 5.75 Å². The molecular formula is C24H19BrClN5OS. The van der Waals surface area contributed by atoms with E-state index in [-0.39, 0.29) is 11.7 Å². The number of para-hydroxylation sites is 1. The van der Waals surface area contributed by atoms with Crippen LogP contribution < -0.4 is 5.43 Å². The summed E-state index contributed by atoms with van der Waals surface area (Å²) in [6, 6.07) is 24.9. The fraction of sp³-hybridized carbons (Fsp3) is 0.0833. The van der Waals surface area contributed by atoms with Gasteiger partial charge >= 0.3 is 0 Å². The molecule has 1 aromatic heterocycles. The molecule has 0 bridgehead atoms. The second-order valence-electron chi connectivity index (χ2n) is 7.02. The summed E-state index contributed by atoms with van der Waals surface area (Å²) in [4.78, 5) is 12.5. The Labute approximate surface area is 209 Å². The van der Waals surface area contributed by atoms with E-state index in [4.69, 9.17) is 11.6 Å². The minimum atomic E-state index is -0.231. The normalized spacial score (nSPS) is 11.4. The molecule has 1 heterocycles. The fourth-order valence-corrected chi connectivity index (χ4v) is 4.32. The lowest BCUT2D eigenvalue weighted by atomic mass is 10.1. The number of hydrogen-bond acceptors (Lipinski definition) is 5. The zero-order valence-electron chi connectivity index (χ0n) is 17.6. The van der Waals surface area contributed by atoms with Gasteiger partial charge in [0.05, 0.1) is 11.5 Å². The van der Waals surface area contributed by atoms with Crippen molar-refractivity contribution in [1.82, 2.24) is 20.2 Å². The molecule has 0 aliphatic carbocycles. The third-order valence-electron chi connectivity index (χ3n) is 4.67. The first-order chi connectivity index (χ1) is 16.0. The quantitative estimate of drug-likeness (QED) is 0.178. The van der Waals surface area contributed by atoms with Crippen molar-refractivity contribution in [3.05, 3.63) is 93.9 Å². The first-order valence-electron chi connectivity index (χ1n) is 10.00. The number of amides is 1. The highest BCUT2D eigenvalue weighted by molar-refractivity contribution is 9.10. The van der Waals surface area contributed by atoms with Gasteiger partial charge in [0.2, 0.25) is 0 Å². The van der Waals surface area contributed by atoms with Crippen molar-refractivity contribution >= 4 is 50.9 Å². The molecule has 4 aromatic rings. The largest absolute Gasteiger partial charge is 0.272 e. The zero-order chi connectivity index (χ0) is 23.2. The highest BCUT2D eigenvalue weighted by atomic mass is 79.9. The molecule has 0 aliphatic rings. The Hall–Kier alpha value is -2.94. The van der Waals surface area contributed by atoms with E-state index in [9.17, 15) is 4.79 Å². The molecule has 0 aliphatic heterocycles. The van der Waals surface area contributed by atoms with E-state index in [2.05, 4.69) is 36.7 Å². The summed E-state index contributed by atoms with van der Waals surface area (Å²) in [6.45, 7) is 1.85. The van der Waals surface area contributed by atoms with Crippen LogP contribution in [0.4, 0.5) is 0 Å². The molecule has 6 nitrogen and oxygen atoms in total. The van der Waals surface area contributed by atoms with E-state index in [0.717, 1.165) is 21.3 Å². The van der Waals surface area contributed by atoms with E-state index in [1.807, 2.05) is 90.4 Å². The van der Waals surface area contributed by atoms with Crippen LogP contribution in [0.3, 0.4) is 0 Å². The number of thioether (sulfide) groups is 1. The number of rotatable bonds is 7. The molecule has 1 N–H and O–H groups in total. The number of carbonyl (C=O) groups is 1. The average Bonchev–Trinajstić information content (AvgIpc) is 3.26. The van der Waals surface area contributed by atoms with Gasteiger partial charge < -0.3 is 0 Å². The van der Waals surface area contributed by atoms with E-state index < -0.39 is 0 Å². The highest BCUT2D eigenvalue weighted by Crippen LogP contribution is 2.28. The van der Waals surface area contributed by atoms with Gasteiger partial charge in [-0.15, -0.1) is 10.2 Å². The van der Waals surface area contributed by atoms with E-state index >= 15 is 0 Å².